The lowest BCUT2D eigenvalue weighted by Gasteiger charge is -2.09. The first-order valence-corrected chi connectivity index (χ1v) is 2.33. The standard InChI is InChI=1S/C4H10N2O3/c1-8-3(5)6-4(7)9-2/h3H,5H2,1-2H3,(H,6,7). The summed E-state index contributed by atoms with van der Waals surface area (Å²) >= 11 is 0. The summed E-state index contributed by atoms with van der Waals surface area (Å²) in [5, 5.41) is 2.17. The lowest BCUT2D eigenvalue weighted by atomic mass is 10.9. The summed E-state index contributed by atoms with van der Waals surface area (Å²) in [5.74, 6) is 0. The fraction of sp³-hybridized carbons (Fsp3) is 0.750. The first-order valence-electron chi connectivity index (χ1n) is 2.33. The fourth-order valence-corrected chi connectivity index (χ4v) is 0.234. The van der Waals surface area contributed by atoms with Crippen LogP contribution in [-0.2, 0) is 9.47 Å². The van der Waals surface area contributed by atoms with Crippen molar-refractivity contribution in [3.63, 3.8) is 0 Å². The molecule has 1 unspecified atom stereocenters. The maximum absolute atomic E-state index is 10.3. The van der Waals surface area contributed by atoms with E-state index in [1.54, 1.807) is 0 Å². The Kier molecular flexibility index (Phi) is 3.74. The number of carbonyl (C=O) groups is 1. The second-order valence-electron chi connectivity index (χ2n) is 1.29. The van der Waals surface area contributed by atoms with Gasteiger partial charge in [-0.2, -0.15) is 0 Å². The van der Waals surface area contributed by atoms with E-state index in [9.17, 15) is 4.79 Å². The van der Waals surface area contributed by atoms with Crippen LogP contribution in [0.25, 0.3) is 0 Å². The van der Waals surface area contributed by atoms with E-state index in [0.717, 1.165) is 0 Å². The summed E-state index contributed by atoms with van der Waals surface area (Å²) in [6.07, 6.45) is -1.40. The Morgan fingerprint density at radius 2 is 2.22 bits per heavy atom. The number of amides is 1. The van der Waals surface area contributed by atoms with Crippen LogP contribution in [0, 0.1) is 0 Å². The van der Waals surface area contributed by atoms with Gasteiger partial charge in [0.2, 0.25) is 0 Å². The van der Waals surface area contributed by atoms with Crippen LogP contribution in [0.2, 0.25) is 0 Å². The topological polar surface area (TPSA) is 73.6 Å². The van der Waals surface area contributed by atoms with E-state index in [4.69, 9.17) is 5.73 Å². The Labute approximate surface area is 53.1 Å². The Bertz CT molecular complexity index is 95.8. The van der Waals surface area contributed by atoms with Crippen molar-refractivity contribution in [1.82, 2.24) is 5.32 Å². The van der Waals surface area contributed by atoms with Gasteiger partial charge < -0.3 is 9.47 Å². The highest BCUT2D eigenvalue weighted by Gasteiger charge is 2.02. The summed E-state index contributed by atoms with van der Waals surface area (Å²) in [6.45, 7) is 0. The molecule has 54 valence electrons. The average molecular weight is 134 g/mol. The van der Waals surface area contributed by atoms with Crippen LogP contribution in [0.15, 0.2) is 0 Å². The minimum Gasteiger partial charge on any atom is -0.453 e. The van der Waals surface area contributed by atoms with Gasteiger partial charge in [-0.15, -0.1) is 0 Å². The summed E-state index contributed by atoms with van der Waals surface area (Å²) in [6, 6.07) is 0. The van der Waals surface area contributed by atoms with E-state index in [-0.39, 0.29) is 0 Å². The number of hydrogen-bond acceptors (Lipinski definition) is 4. The molecule has 0 saturated carbocycles. The van der Waals surface area contributed by atoms with E-state index < -0.39 is 12.4 Å². The number of methoxy groups -OCH3 is 2. The number of carbonyl (C=O) groups excluding carboxylic acids is 1. The molecule has 0 aliphatic carbocycles. The number of alkyl carbamates (subject to hydrolysis) is 1. The van der Waals surface area contributed by atoms with Gasteiger partial charge in [0.1, 0.15) is 0 Å². The van der Waals surface area contributed by atoms with E-state index in [1.807, 2.05) is 0 Å². The third kappa shape index (κ3) is 3.75. The molecule has 1 amide bonds. The van der Waals surface area contributed by atoms with Gasteiger partial charge in [-0.25, -0.2) is 4.79 Å². The molecule has 0 fully saturated rings. The normalized spacial score (nSPS) is 12.3. The highest BCUT2D eigenvalue weighted by molar-refractivity contribution is 5.66. The molecule has 0 aliphatic rings. The SMILES string of the molecule is COC(=O)NC(N)OC. The van der Waals surface area contributed by atoms with Gasteiger partial charge in [0.25, 0.3) is 0 Å². The Balaban J connectivity index is 3.34. The maximum Gasteiger partial charge on any atom is 0.409 e. The van der Waals surface area contributed by atoms with Crippen LogP contribution in [0.1, 0.15) is 0 Å². The Morgan fingerprint density at radius 3 is 2.56 bits per heavy atom. The molecule has 5 heteroatoms. The molecule has 0 saturated heterocycles. The van der Waals surface area contributed by atoms with Crippen LogP contribution in [-0.4, -0.2) is 26.7 Å². The highest BCUT2D eigenvalue weighted by Crippen LogP contribution is 1.74. The molecule has 0 heterocycles. The molecule has 0 spiro atoms. The van der Waals surface area contributed by atoms with Crippen LogP contribution in [0.4, 0.5) is 4.79 Å². The molecular formula is C4H10N2O3. The third-order valence-electron chi connectivity index (χ3n) is 0.699. The molecule has 9 heavy (non-hydrogen) atoms. The van der Waals surface area contributed by atoms with Crippen molar-refractivity contribution < 1.29 is 14.3 Å². The molecule has 1 atom stereocenters. The predicted molar refractivity (Wildman–Crippen MR) is 30.5 cm³/mol. The first-order chi connectivity index (χ1) is 4.20. The van der Waals surface area contributed by atoms with Gasteiger partial charge in [-0.3, -0.25) is 11.1 Å². The number of hydrogen-bond donors (Lipinski definition) is 2. The molecular weight excluding hydrogens is 124 g/mol. The van der Waals surface area contributed by atoms with Crippen molar-refractivity contribution in [3.8, 4) is 0 Å². The van der Waals surface area contributed by atoms with Gasteiger partial charge in [0.15, 0.2) is 6.35 Å². The van der Waals surface area contributed by atoms with Crippen molar-refractivity contribution in [2.45, 2.75) is 6.35 Å². The number of rotatable bonds is 2. The lowest BCUT2D eigenvalue weighted by molar-refractivity contribution is 0.0718. The van der Waals surface area contributed by atoms with Gasteiger partial charge in [0.05, 0.1) is 7.11 Å². The zero-order valence-corrected chi connectivity index (χ0v) is 5.38. The highest BCUT2D eigenvalue weighted by atomic mass is 16.6. The number of nitrogens with two attached hydrogens (primary N) is 1. The van der Waals surface area contributed by atoms with Crippen molar-refractivity contribution in [1.29, 1.82) is 0 Å². The minimum atomic E-state index is -0.794. The fourth-order valence-electron chi connectivity index (χ4n) is 0.234. The monoisotopic (exact) mass is 134 g/mol. The summed E-state index contributed by atoms with van der Waals surface area (Å²) in [7, 11) is 2.62. The van der Waals surface area contributed by atoms with Crippen molar-refractivity contribution >= 4 is 6.09 Å². The van der Waals surface area contributed by atoms with Crippen LogP contribution in [0.5, 0.6) is 0 Å². The number of ether oxygens (including phenoxy) is 2. The molecule has 0 bridgehead atoms. The van der Waals surface area contributed by atoms with Crippen molar-refractivity contribution in [3.05, 3.63) is 0 Å². The maximum atomic E-state index is 10.3. The van der Waals surface area contributed by atoms with Crippen LogP contribution < -0.4 is 11.1 Å². The largest absolute Gasteiger partial charge is 0.453 e. The summed E-state index contributed by atoms with van der Waals surface area (Å²) < 4.78 is 8.70. The summed E-state index contributed by atoms with van der Waals surface area (Å²) in [4.78, 5) is 10.3. The molecule has 5 nitrogen and oxygen atoms in total. The predicted octanol–water partition coefficient (Wildman–Crippen LogP) is -0.769. The molecule has 0 aromatic rings. The minimum absolute atomic E-state index is 0.607. The average Bonchev–Trinajstić information content (AvgIpc) is 1.87. The molecule has 0 aliphatic heterocycles. The summed E-state index contributed by atoms with van der Waals surface area (Å²) in [5.41, 5.74) is 5.12. The zero-order chi connectivity index (χ0) is 7.28. The first kappa shape index (κ1) is 8.19. The van der Waals surface area contributed by atoms with E-state index in [2.05, 4.69) is 14.8 Å². The second-order valence-corrected chi connectivity index (χ2v) is 1.29. The molecule has 3 N–H and O–H groups in total. The van der Waals surface area contributed by atoms with E-state index in [0.29, 0.717) is 0 Å². The van der Waals surface area contributed by atoms with Crippen molar-refractivity contribution in [2.75, 3.05) is 14.2 Å². The Morgan fingerprint density at radius 1 is 1.67 bits per heavy atom. The van der Waals surface area contributed by atoms with Gasteiger partial charge in [0, 0.05) is 7.11 Å². The van der Waals surface area contributed by atoms with Crippen molar-refractivity contribution in [2.24, 2.45) is 5.73 Å². The van der Waals surface area contributed by atoms with Crippen LogP contribution in [0.3, 0.4) is 0 Å². The molecule has 0 rings (SSSR count). The lowest BCUT2D eigenvalue weighted by Crippen LogP contribution is -2.42. The van der Waals surface area contributed by atoms with Crippen LogP contribution >= 0.6 is 0 Å². The van der Waals surface area contributed by atoms with Gasteiger partial charge >= 0.3 is 6.09 Å². The zero-order valence-electron chi connectivity index (χ0n) is 5.38. The smallest absolute Gasteiger partial charge is 0.409 e. The quantitative estimate of drug-likeness (QED) is 0.486. The number of nitrogens with one attached hydrogen (secondary N) is 1. The van der Waals surface area contributed by atoms with Gasteiger partial charge in [-0.05, 0) is 0 Å². The third-order valence-corrected chi connectivity index (χ3v) is 0.699. The van der Waals surface area contributed by atoms with E-state index in [1.165, 1.54) is 14.2 Å². The Hall–Kier alpha value is -0.810. The molecule has 0 aromatic heterocycles. The van der Waals surface area contributed by atoms with Gasteiger partial charge in [-0.1, -0.05) is 0 Å². The molecule has 0 radical (unpaired) electrons. The second kappa shape index (κ2) is 4.11. The molecule has 0 aromatic carbocycles. The van der Waals surface area contributed by atoms with E-state index >= 15 is 0 Å².